The summed E-state index contributed by atoms with van der Waals surface area (Å²) in [4.78, 5) is 27.4. The Morgan fingerprint density at radius 2 is 1.79 bits per heavy atom. The lowest BCUT2D eigenvalue weighted by Crippen LogP contribution is -2.38. The number of nitrogens with zero attached hydrogens (tertiary/aromatic N) is 1. The predicted molar refractivity (Wildman–Crippen MR) is 108 cm³/mol. The molecule has 4 rings (SSSR count). The summed E-state index contributed by atoms with van der Waals surface area (Å²) in [6.45, 7) is 5.23. The first-order valence-corrected chi connectivity index (χ1v) is 10.0. The van der Waals surface area contributed by atoms with Crippen LogP contribution >= 0.6 is 0 Å². The maximum absolute atomic E-state index is 13.0. The van der Waals surface area contributed by atoms with Crippen molar-refractivity contribution in [3.8, 4) is 11.5 Å². The monoisotopic (exact) mass is 394 g/mol. The standard InChI is InChI=1S/C23H26N2O4/c1-15(2)25(13-16-6-4-3-5-7-16)23(27)19-11-18(19)22(26)24-12-17-8-9-20-21(10-17)29-14-28-20/h3-10,15,18-19H,11-14H2,1-2H3,(H,24,26). The van der Waals surface area contributed by atoms with Crippen LogP contribution in [0.25, 0.3) is 0 Å². The van der Waals surface area contributed by atoms with Gasteiger partial charge in [-0.2, -0.15) is 0 Å². The van der Waals surface area contributed by atoms with Gasteiger partial charge in [-0.25, -0.2) is 0 Å². The smallest absolute Gasteiger partial charge is 0.231 e. The molecule has 2 unspecified atom stereocenters. The molecule has 1 fully saturated rings. The molecule has 2 amide bonds. The fourth-order valence-corrected chi connectivity index (χ4v) is 3.64. The lowest BCUT2D eigenvalue weighted by Gasteiger charge is -2.27. The van der Waals surface area contributed by atoms with Gasteiger partial charge in [0.15, 0.2) is 11.5 Å². The van der Waals surface area contributed by atoms with Crippen molar-refractivity contribution < 1.29 is 19.1 Å². The molecule has 2 aromatic carbocycles. The van der Waals surface area contributed by atoms with Gasteiger partial charge < -0.3 is 19.7 Å². The second-order valence-electron chi connectivity index (χ2n) is 7.90. The third kappa shape index (κ3) is 4.36. The molecule has 1 heterocycles. The number of amides is 2. The molecule has 1 saturated carbocycles. The minimum absolute atomic E-state index is 0.0621. The zero-order valence-electron chi connectivity index (χ0n) is 16.8. The normalized spacial score (nSPS) is 19.1. The van der Waals surface area contributed by atoms with Gasteiger partial charge in [0.05, 0.1) is 11.8 Å². The van der Waals surface area contributed by atoms with E-state index in [-0.39, 0.29) is 36.5 Å². The fourth-order valence-electron chi connectivity index (χ4n) is 3.64. The molecular weight excluding hydrogens is 368 g/mol. The summed E-state index contributed by atoms with van der Waals surface area (Å²) < 4.78 is 10.7. The molecule has 2 atom stereocenters. The first-order chi connectivity index (χ1) is 14.0. The van der Waals surface area contributed by atoms with E-state index in [1.807, 2.05) is 67.3 Å². The van der Waals surface area contributed by atoms with Gasteiger partial charge in [0.2, 0.25) is 18.6 Å². The molecule has 0 aromatic heterocycles. The largest absolute Gasteiger partial charge is 0.454 e. The number of ether oxygens (including phenoxy) is 2. The molecule has 1 aliphatic heterocycles. The quantitative estimate of drug-likeness (QED) is 0.784. The van der Waals surface area contributed by atoms with Gasteiger partial charge in [0.1, 0.15) is 0 Å². The van der Waals surface area contributed by atoms with E-state index in [9.17, 15) is 9.59 Å². The summed E-state index contributed by atoms with van der Waals surface area (Å²) in [6, 6.07) is 15.7. The lowest BCUT2D eigenvalue weighted by molar-refractivity contribution is -0.136. The van der Waals surface area contributed by atoms with Crippen LogP contribution < -0.4 is 14.8 Å². The zero-order chi connectivity index (χ0) is 20.4. The van der Waals surface area contributed by atoms with Gasteiger partial charge in [0, 0.05) is 19.1 Å². The summed E-state index contributed by atoms with van der Waals surface area (Å²) in [7, 11) is 0. The Kier molecular flexibility index (Phi) is 5.43. The van der Waals surface area contributed by atoms with Crippen LogP contribution in [0, 0.1) is 11.8 Å². The summed E-state index contributed by atoms with van der Waals surface area (Å²) in [6.07, 6.45) is 0.615. The maximum Gasteiger partial charge on any atom is 0.231 e. The lowest BCUT2D eigenvalue weighted by atomic mass is 10.1. The topological polar surface area (TPSA) is 67.9 Å². The number of hydrogen-bond acceptors (Lipinski definition) is 4. The fraction of sp³-hybridized carbons (Fsp3) is 0.391. The van der Waals surface area contributed by atoms with Crippen LogP contribution in [0.4, 0.5) is 0 Å². The highest BCUT2D eigenvalue weighted by Crippen LogP contribution is 2.41. The molecule has 0 radical (unpaired) electrons. The number of hydrogen-bond donors (Lipinski definition) is 1. The Morgan fingerprint density at radius 1 is 1.03 bits per heavy atom. The van der Waals surface area contributed by atoms with Crippen LogP contribution in [0.3, 0.4) is 0 Å². The number of fused-ring (bicyclic) bond motifs is 1. The number of benzene rings is 2. The zero-order valence-corrected chi connectivity index (χ0v) is 16.8. The van der Waals surface area contributed by atoms with Gasteiger partial charge in [-0.05, 0) is 43.5 Å². The molecule has 29 heavy (non-hydrogen) atoms. The molecular formula is C23H26N2O4. The highest BCUT2D eigenvalue weighted by molar-refractivity contribution is 5.92. The second kappa shape index (κ2) is 8.15. The van der Waals surface area contributed by atoms with E-state index in [0.29, 0.717) is 25.3 Å². The minimum Gasteiger partial charge on any atom is -0.454 e. The Hall–Kier alpha value is -3.02. The van der Waals surface area contributed by atoms with Crippen molar-refractivity contribution in [2.75, 3.05) is 6.79 Å². The second-order valence-corrected chi connectivity index (χ2v) is 7.90. The average Bonchev–Trinajstić information content (AvgIpc) is 3.40. The average molecular weight is 394 g/mol. The molecule has 0 saturated heterocycles. The van der Waals surface area contributed by atoms with Crippen LogP contribution in [-0.4, -0.2) is 29.5 Å². The summed E-state index contributed by atoms with van der Waals surface area (Å²) in [5, 5.41) is 2.95. The van der Waals surface area contributed by atoms with Crippen molar-refractivity contribution >= 4 is 11.8 Å². The van der Waals surface area contributed by atoms with Gasteiger partial charge >= 0.3 is 0 Å². The number of rotatable bonds is 7. The van der Waals surface area contributed by atoms with E-state index in [1.54, 1.807) is 0 Å². The number of carbonyl (C=O) groups excluding carboxylic acids is 2. The Balaban J connectivity index is 1.31. The van der Waals surface area contributed by atoms with Crippen LogP contribution in [0.1, 0.15) is 31.4 Å². The number of nitrogens with one attached hydrogen (secondary N) is 1. The minimum atomic E-state index is -0.242. The van der Waals surface area contributed by atoms with Crippen LogP contribution in [0.5, 0.6) is 11.5 Å². The van der Waals surface area contributed by atoms with E-state index >= 15 is 0 Å². The first kappa shape index (κ1) is 19.3. The van der Waals surface area contributed by atoms with Gasteiger partial charge in [0.25, 0.3) is 0 Å². The van der Waals surface area contributed by atoms with Crippen LogP contribution in [-0.2, 0) is 22.7 Å². The summed E-state index contributed by atoms with van der Waals surface area (Å²) >= 11 is 0. The third-order valence-corrected chi connectivity index (χ3v) is 5.45. The first-order valence-electron chi connectivity index (χ1n) is 10.0. The summed E-state index contributed by atoms with van der Waals surface area (Å²) in [5.41, 5.74) is 2.04. The van der Waals surface area contributed by atoms with E-state index in [4.69, 9.17) is 9.47 Å². The molecule has 0 spiro atoms. The molecule has 2 aromatic rings. The molecule has 2 aliphatic rings. The molecule has 152 valence electrons. The van der Waals surface area contributed by atoms with Gasteiger partial charge in [-0.3, -0.25) is 9.59 Å². The van der Waals surface area contributed by atoms with Crippen molar-refractivity contribution in [2.24, 2.45) is 11.8 Å². The van der Waals surface area contributed by atoms with Crippen molar-refractivity contribution in [1.82, 2.24) is 10.2 Å². The molecule has 1 N–H and O–H groups in total. The van der Waals surface area contributed by atoms with Crippen LogP contribution in [0.15, 0.2) is 48.5 Å². The molecule has 6 heteroatoms. The van der Waals surface area contributed by atoms with E-state index < -0.39 is 0 Å². The van der Waals surface area contributed by atoms with Crippen molar-refractivity contribution in [2.45, 2.75) is 39.4 Å². The Morgan fingerprint density at radius 3 is 2.55 bits per heavy atom. The van der Waals surface area contributed by atoms with E-state index in [2.05, 4.69) is 5.32 Å². The van der Waals surface area contributed by atoms with Crippen molar-refractivity contribution in [1.29, 1.82) is 0 Å². The third-order valence-electron chi connectivity index (χ3n) is 5.45. The van der Waals surface area contributed by atoms with E-state index in [0.717, 1.165) is 16.9 Å². The Labute approximate surface area is 170 Å². The Bertz CT molecular complexity index is 897. The summed E-state index contributed by atoms with van der Waals surface area (Å²) in [5.74, 6) is 0.952. The van der Waals surface area contributed by atoms with Crippen LogP contribution in [0.2, 0.25) is 0 Å². The van der Waals surface area contributed by atoms with E-state index in [1.165, 1.54) is 0 Å². The maximum atomic E-state index is 13.0. The molecule has 6 nitrogen and oxygen atoms in total. The SMILES string of the molecule is CC(C)N(Cc1ccccc1)C(=O)C1CC1C(=O)NCc1ccc2c(c1)OCO2. The van der Waals surface area contributed by atoms with Crippen molar-refractivity contribution in [3.05, 3.63) is 59.7 Å². The molecule has 0 bridgehead atoms. The van der Waals surface area contributed by atoms with Crippen molar-refractivity contribution in [3.63, 3.8) is 0 Å². The predicted octanol–water partition coefficient (Wildman–Crippen LogP) is 3.10. The highest BCUT2D eigenvalue weighted by Gasteiger charge is 2.49. The number of carbonyl (C=O) groups is 2. The van der Waals surface area contributed by atoms with Gasteiger partial charge in [-0.1, -0.05) is 36.4 Å². The molecule has 1 aliphatic carbocycles. The highest BCUT2D eigenvalue weighted by atomic mass is 16.7. The van der Waals surface area contributed by atoms with Gasteiger partial charge in [-0.15, -0.1) is 0 Å².